The third-order valence-electron chi connectivity index (χ3n) is 5.85. The predicted octanol–water partition coefficient (Wildman–Crippen LogP) is 3.30. The molecule has 1 aliphatic carbocycles. The van der Waals surface area contributed by atoms with E-state index in [1.807, 2.05) is 23.1 Å². The lowest BCUT2D eigenvalue weighted by Gasteiger charge is -2.37. The minimum Gasteiger partial charge on any atom is -0.323 e. The van der Waals surface area contributed by atoms with Crippen LogP contribution in [-0.2, 0) is 6.42 Å². The number of rotatable bonds is 2. The van der Waals surface area contributed by atoms with Crippen LogP contribution in [0.4, 0.5) is 10.5 Å². The zero-order chi connectivity index (χ0) is 17.2. The van der Waals surface area contributed by atoms with Crippen molar-refractivity contribution in [2.24, 2.45) is 0 Å². The molecule has 1 aromatic carbocycles. The number of benzene rings is 1. The van der Waals surface area contributed by atoms with Gasteiger partial charge in [0, 0.05) is 36.8 Å². The second-order valence-electron chi connectivity index (χ2n) is 7.56. The quantitative estimate of drug-likeness (QED) is 0.898. The van der Waals surface area contributed by atoms with Crippen LogP contribution in [-0.4, -0.2) is 53.8 Å². The fourth-order valence-corrected chi connectivity index (χ4v) is 4.45. The molecule has 5 heteroatoms. The molecule has 2 saturated heterocycles. The van der Waals surface area contributed by atoms with Crippen LogP contribution < -0.4 is 5.32 Å². The Morgan fingerprint density at radius 1 is 1.04 bits per heavy atom. The van der Waals surface area contributed by atoms with Gasteiger partial charge in [-0.25, -0.2) is 4.79 Å². The van der Waals surface area contributed by atoms with Crippen molar-refractivity contribution in [3.8, 4) is 0 Å². The number of hydrogen-bond donors (Lipinski definition) is 1. The van der Waals surface area contributed by atoms with E-state index in [9.17, 15) is 9.59 Å². The standard InChI is InChI=1S/C20H27N3O2/c24-19-7-3-5-15-8-9-16(13-18(15)19)21-20(25)23-12-4-6-17(14-23)22-10-1-2-11-22/h8-9,13,17H,1-7,10-12,14H2,(H,21,25). The molecule has 1 aromatic rings. The van der Waals surface area contributed by atoms with Crippen LogP contribution in [0.15, 0.2) is 18.2 Å². The van der Waals surface area contributed by atoms with Gasteiger partial charge in [-0.15, -0.1) is 0 Å². The predicted molar refractivity (Wildman–Crippen MR) is 98.1 cm³/mol. The number of fused-ring (bicyclic) bond motifs is 1. The first-order valence-corrected chi connectivity index (χ1v) is 9.67. The van der Waals surface area contributed by atoms with Gasteiger partial charge in [0.25, 0.3) is 0 Å². The second-order valence-corrected chi connectivity index (χ2v) is 7.56. The molecule has 0 bridgehead atoms. The number of amides is 2. The molecule has 5 nitrogen and oxygen atoms in total. The lowest BCUT2D eigenvalue weighted by atomic mass is 9.90. The highest BCUT2D eigenvalue weighted by molar-refractivity contribution is 6.00. The first-order chi connectivity index (χ1) is 12.2. The summed E-state index contributed by atoms with van der Waals surface area (Å²) >= 11 is 0. The van der Waals surface area contributed by atoms with E-state index in [2.05, 4.69) is 10.2 Å². The number of aryl methyl sites for hydroxylation is 1. The molecule has 2 amide bonds. The summed E-state index contributed by atoms with van der Waals surface area (Å²) in [6, 6.07) is 6.25. The summed E-state index contributed by atoms with van der Waals surface area (Å²) in [6.45, 7) is 3.98. The monoisotopic (exact) mass is 341 g/mol. The molecular weight excluding hydrogens is 314 g/mol. The highest BCUT2D eigenvalue weighted by atomic mass is 16.2. The maximum atomic E-state index is 12.7. The smallest absolute Gasteiger partial charge is 0.321 e. The van der Waals surface area contributed by atoms with Crippen molar-refractivity contribution >= 4 is 17.5 Å². The second kappa shape index (κ2) is 7.16. The SMILES string of the molecule is O=C1CCCc2ccc(NC(=O)N3CCCC(N4CCCC4)C3)cc21. The van der Waals surface area contributed by atoms with Crippen molar-refractivity contribution in [2.45, 2.75) is 51.0 Å². The summed E-state index contributed by atoms with van der Waals surface area (Å²) in [7, 11) is 0. The number of nitrogens with zero attached hydrogens (tertiary/aromatic N) is 2. The van der Waals surface area contributed by atoms with Crippen molar-refractivity contribution in [3.05, 3.63) is 29.3 Å². The maximum absolute atomic E-state index is 12.7. The van der Waals surface area contributed by atoms with Crippen LogP contribution in [0, 0.1) is 0 Å². The lowest BCUT2D eigenvalue weighted by molar-refractivity contribution is 0.0972. The highest BCUT2D eigenvalue weighted by Crippen LogP contribution is 2.25. The number of ketones is 1. The molecule has 0 aromatic heterocycles. The van der Waals surface area contributed by atoms with Gasteiger partial charge in [-0.05, 0) is 69.3 Å². The van der Waals surface area contributed by atoms with Crippen LogP contribution >= 0.6 is 0 Å². The number of carbonyl (C=O) groups is 2. The number of urea groups is 1. The average molecular weight is 341 g/mol. The molecule has 0 saturated carbocycles. The van der Waals surface area contributed by atoms with Gasteiger partial charge in [0.1, 0.15) is 0 Å². The molecule has 4 rings (SSSR count). The Morgan fingerprint density at radius 3 is 2.72 bits per heavy atom. The van der Waals surface area contributed by atoms with Crippen LogP contribution in [0.25, 0.3) is 0 Å². The van der Waals surface area contributed by atoms with Gasteiger partial charge < -0.3 is 10.2 Å². The van der Waals surface area contributed by atoms with Gasteiger partial charge in [-0.1, -0.05) is 6.07 Å². The molecule has 0 spiro atoms. The Bertz CT molecular complexity index is 667. The molecule has 0 radical (unpaired) electrons. The molecule has 1 N–H and O–H groups in total. The Balaban J connectivity index is 1.41. The van der Waals surface area contributed by atoms with Crippen molar-refractivity contribution in [1.29, 1.82) is 0 Å². The van der Waals surface area contributed by atoms with Crippen LogP contribution in [0.3, 0.4) is 0 Å². The van der Waals surface area contributed by atoms with E-state index < -0.39 is 0 Å². The van der Waals surface area contributed by atoms with Gasteiger partial charge in [0.2, 0.25) is 0 Å². The van der Waals surface area contributed by atoms with E-state index in [0.29, 0.717) is 12.5 Å². The highest BCUT2D eigenvalue weighted by Gasteiger charge is 2.29. The zero-order valence-corrected chi connectivity index (χ0v) is 14.8. The third-order valence-corrected chi connectivity index (χ3v) is 5.85. The number of nitrogens with one attached hydrogen (secondary N) is 1. The first-order valence-electron chi connectivity index (χ1n) is 9.67. The van der Waals surface area contributed by atoms with E-state index in [0.717, 1.165) is 49.2 Å². The van der Waals surface area contributed by atoms with Crippen LogP contribution in [0.2, 0.25) is 0 Å². The Labute approximate surface area is 149 Å². The summed E-state index contributed by atoms with van der Waals surface area (Å²) < 4.78 is 0. The number of Topliss-reactive ketones (excluding diaryl/α,β-unsaturated/α-hetero) is 1. The number of carbonyl (C=O) groups excluding carboxylic acids is 2. The molecule has 1 atom stereocenters. The summed E-state index contributed by atoms with van der Waals surface area (Å²) in [5, 5.41) is 3.01. The van der Waals surface area contributed by atoms with Gasteiger partial charge in [-0.2, -0.15) is 0 Å². The average Bonchev–Trinajstić information content (AvgIpc) is 3.17. The Kier molecular flexibility index (Phi) is 4.75. The summed E-state index contributed by atoms with van der Waals surface area (Å²) in [5.74, 6) is 0.199. The first kappa shape index (κ1) is 16.6. The summed E-state index contributed by atoms with van der Waals surface area (Å²) in [6.07, 6.45) is 7.34. The van der Waals surface area contributed by atoms with Crippen molar-refractivity contribution in [1.82, 2.24) is 9.80 Å². The van der Waals surface area contributed by atoms with Gasteiger partial charge >= 0.3 is 6.03 Å². The van der Waals surface area contributed by atoms with Gasteiger partial charge in [0.15, 0.2) is 5.78 Å². The lowest BCUT2D eigenvalue weighted by Crippen LogP contribution is -2.50. The van der Waals surface area contributed by atoms with Gasteiger partial charge in [-0.3, -0.25) is 9.69 Å². The minimum absolute atomic E-state index is 0.0351. The Morgan fingerprint density at radius 2 is 1.88 bits per heavy atom. The van der Waals surface area contributed by atoms with E-state index in [-0.39, 0.29) is 11.8 Å². The fraction of sp³-hybridized carbons (Fsp3) is 0.600. The Hall–Kier alpha value is -1.88. The molecule has 1 unspecified atom stereocenters. The topological polar surface area (TPSA) is 52.7 Å². The minimum atomic E-state index is -0.0351. The fourth-order valence-electron chi connectivity index (χ4n) is 4.45. The van der Waals surface area contributed by atoms with Crippen LogP contribution in [0.1, 0.15) is 54.4 Å². The van der Waals surface area contributed by atoms with Gasteiger partial charge in [0.05, 0.1) is 0 Å². The van der Waals surface area contributed by atoms with E-state index in [1.54, 1.807) is 0 Å². The summed E-state index contributed by atoms with van der Waals surface area (Å²) in [5.41, 5.74) is 2.64. The van der Waals surface area contributed by atoms with Crippen molar-refractivity contribution in [2.75, 3.05) is 31.5 Å². The van der Waals surface area contributed by atoms with E-state index in [1.165, 1.54) is 32.4 Å². The molecule has 2 aliphatic heterocycles. The molecule has 3 aliphatic rings. The number of hydrogen-bond acceptors (Lipinski definition) is 3. The van der Waals surface area contributed by atoms with E-state index in [4.69, 9.17) is 0 Å². The number of likely N-dealkylation sites (tertiary alicyclic amines) is 2. The molecule has 134 valence electrons. The maximum Gasteiger partial charge on any atom is 0.321 e. The normalized spacial score (nSPS) is 24.2. The third kappa shape index (κ3) is 3.56. The largest absolute Gasteiger partial charge is 0.323 e. The summed E-state index contributed by atoms with van der Waals surface area (Å²) in [4.78, 5) is 29.3. The van der Waals surface area contributed by atoms with Crippen LogP contribution in [0.5, 0.6) is 0 Å². The van der Waals surface area contributed by atoms with E-state index >= 15 is 0 Å². The molecular formula is C20H27N3O2. The molecule has 2 fully saturated rings. The van der Waals surface area contributed by atoms with Crippen molar-refractivity contribution < 1.29 is 9.59 Å². The number of anilines is 1. The number of piperidine rings is 1. The molecule has 2 heterocycles. The molecule has 25 heavy (non-hydrogen) atoms. The van der Waals surface area contributed by atoms with Crippen molar-refractivity contribution in [3.63, 3.8) is 0 Å². The zero-order valence-electron chi connectivity index (χ0n) is 14.8.